The molecule has 4 nitrogen and oxygen atoms in total. The van der Waals surface area contributed by atoms with Crippen molar-refractivity contribution in [2.75, 3.05) is 7.11 Å². The number of aromatic nitrogens is 2. The maximum Gasteiger partial charge on any atom is 0.435 e. The van der Waals surface area contributed by atoms with Crippen LogP contribution in [0.1, 0.15) is 11.4 Å². The summed E-state index contributed by atoms with van der Waals surface area (Å²) in [5.41, 5.74) is -0.868. The van der Waals surface area contributed by atoms with Gasteiger partial charge in [0.05, 0.1) is 12.8 Å². The van der Waals surface area contributed by atoms with Crippen molar-refractivity contribution >= 4 is 5.76 Å². The molecule has 7 heteroatoms. The summed E-state index contributed by atoms with van der Waals surface area (Å²) in [6.45, 7) is 3.24. The number of nitrogens with zero attached hydrogens (tertiary/aromatic N) is 2. The van der Waals surface area contributed by atoms with Gasteiger partial charge in [0, 0.05) is 6.07 Å². The molecule has 0 unspecified atom stereocenters. The minimum absolute atomic E-state index is 0.123. The van der Waals surface area contributed by atoms with Gasteiger partial charge in [-0.15, -0.1) is 0 Å². The molecule has 1 aromatic heterocycles. The summed E-state index contributed by atoms with van der Waals surface area (Å²) in [5, 5.41) is 12.9. The minimum Gasteiger partial charge on any atom is -0.506 e. The average Bonchev–Trinajstić information content (AvgIpc) is 2.84. The maximum atomic E-state index is 12.7. The number of benzene rings is 1. The molecule has 1 aromatic carbocycles. The van der Waals surface area contributed by atoms with E-state index >= 15 is 0 Å². The van der Waals surface area contributed by atoms with Gasteiger partial charge >= 0.3 is 6.18 Å². The molecule has 0 aliphatic heterocycles. The fourth-order valence-corrected chi connectivity index (χ4v) is 1.65. The van der Waals surface area contributed by atoms with Gasteiger partial charge in [-0.1, -0.05) is 6.58 Å². The molecular weight excluding hydrogens is 273 g/mol. The van der Waals surface area contributed by atoms with Crippen LogP contribution in [0.15, 0.2) is 36.9 Å². The Bertz CT molecular complexity index is 630. The second-order valence-corrected chi connectivity index (χ2v) is 3.97. The Morgan fingerprint density at radius 2 is 1.90 bits per heavy atom. The lowest BCUT2D eigenvalue weighted by Crippen LogP contribution is -2.07. The highest BCUT2D eigenvalue weighted by molar-refractivity contribution is 5.56. The normalized spacial score (nSPS) is 11.4. The summed E-state index contributed by atoms with van der Waals surface area (Å²) in [7, 11) is 1.48. The molecule has 1 N–H and O–H groups in total. The highest BCUT2D eigenvalue weighted by atomic mass is 19.4. The molecule has 0 saturated heterocycles. The van der Waals surface area contributed by atoms with E-state index in [1.54, 1.807) is 12.1 Å². The van der Waals surface area contributed by atoms with E-state index in [2.05, 4.69) is 11.7 Å². The monoisotopic (exact) mass is 284 g/mol. The van der Waals surface area contributed by atoms with Crippen molar-refractivity contribution in [3.05, 3.63) is 48.3 Å². The van der Waals surface area contributed by atoms with E-state index in [4.69, 9.17) is 4.74 Å². The van der Waals surface area contributed by atoms with Crippen LogP contribution < -0.4 is 4.74 Å². The second-order valence-electron chi connectivity index (χ2n) is 3.97. The Hall–Kier alpha value is -2.44. The third kappa shape index (κ3) is 2.61. The summed E-state index contributed by atoms with van der Waals surface area (Å²) in [6.07, 6.45) is -4.60. The third-order valence-corrected chi connectivity index (χ3v) is 2.61. The smallest absolute Gasteiger partial charge is 0.435 e. The van der Waals surface area contributed by atoms with Crippen molar-refractivity contribution in [1.82, 2.24) is 9.78 Å². The SMILES string of the molecule is C=C(O)c1cc(C(F)(F)F)nn1-c1ccc(OC)cc1. The summed E-state index contributed by atoms with van der Waals surface area (Å²) in [5.74, 6) is 0.0603. The molecule has 20 heavy (non-hydrogen) atoms. The lowest BCUT2D eigenvalue weighted by Gasteiger charge is -2.07. The van der Waals surface area contributed by atoms with Crippen molar-refractivity contribution < 1.29 is 23.0 Å². The number of aliphatic hydroxyl groups excluding tert-OH is 1. The number of hydrogen-bond acceptors (Lipinski definition) is 3. The molecule has 0 aliphatic carbocycles. The maximum absolute atomic E-state index is 12.7. The fraction of sp³-hybridized carbons (Fsp3) is 0.154. The van der Waals surface area contributed by atoms with Crippen LogP contribution in [0.25, 0.3) is 11.4 Å². The molecule has 0 fully saturated rings. The van der Waals surface area contributed by atoms with Crippen LogP contribution in [-0.4, -0.2) is 22.0 Å². The number of methoxy groups -OCH3 is 1. The first-order valence-electron chi connectivity index (χ1n) is 5.53. The van der Waals surface area contributed by atoms with E-state index < -0.39 is 17.6 Å². The molecule has 0 amide bonds. The van der Waals surface area contributed by atoms with Crippen molar-refractivity contribution in [3.63, 3.8) is 0 Å². The molecule has 1 heterocycles. The number of aliphatic hydroxyl groups is 1. The Kier molecular flexibility index (Phi) is 3.44. The van der Waals surface area contributed by atoms with Gasteiger partial charge in [0.1, 0.15) is 17.2 Å². The lowest BCUT2D eigenvalue weighted by atomic mass is 10.2. The van der Waals surface area contributed by atoms with Gasteiger partial charge < -0.3 is 9.84 Å². The van der Waals surface area contributed by atoms with Crippen LogP contribution in [0.3, 0.4) is 0 Å². The highest BCUT2D eigenvalue weighted by Crippen LogP contribution is 2.31. The highest BCUT2D eigenvalue weighted by Gasteiger charge is 2.35. The van der Waals surface area contributed by atoms with E-state index in [-0.39, 0.29) is 5.69 Å². The Labute approximate surface area is 112 Å². The average molecular weight is 284 g/mol. The first-order valence-corrected chi connectivity index (χ1v) is 5.53. The molecule has 106 valence electrons. The van der Waals surface area contributed by atoms with Crippen LogP contribution in [-0.2, 0) is 6.18 Å². The van der Waals surface area contributed by atoms with E-state index in [1.807, 2.05) is 0 Å². The van der Waals surface area contributed by atoms with Crippen LogP contribution in [0.2, 0.25) is 0 Å². The summed E-state index contributed by atoms with van der Waals surface area (Å²) in [6, 6.07) is 6.95. The number of hydrogen-bond donors (Lipinski definition) is 1. The Morgan fingerprint density at radius 3 is 2.35 bits per heavy atom. The number of halogens is 3. The number of rotatable bonds is 3. The van der Waals surface area contributed by atoms with Crippen molar-refractivity contribution in [2.24, 2.45) is 0 Å². The van der Waals surface area contributed by atoms with Crippen LogP contribution in [0, 0.1) is 0 Å². The zero-order chi connectivity index (χ0) is 14.9. The van der Waals surface area contributed by atoms with Gasteiger partial charge in [0.25, 0.3) is 0 Å². The molecule has 2 rings (SSSR count). The van der Waals surface area contributed by atoms with E-state index in [0.29, 0.717) is 11.4 Å². The Morgan fingerprint density at radius 1 is 1.30 bits per heavy atom. The molecule has 0 aliphatic rings. The lowest BCUT2D eigenvalue weighted by molar-refractivity contribution is -0.141. The fourth-order valence-electron chi connectivity index (χ4n) is 1.65. The topological polar surface area (TPSA) is 47.3 Å². The minimum atomic E-state index is -4.60. The molecule has 0 atom stereocenters. The zero-order valence-corrected chi connectivity index (χ0v) is 10.5. The molecular formula is C13H11F3N2O2. The first-order chi connectivity index (χ1) is 9.32. The number of alkyl halides is 3. The second kappa shape index (κ2) is 4.92. The standard InChI is InChI=1S/C13H11F3N2O2/c1-8(19)11-7-12(13(14,15)16)17-18(11)9-3-5-10(20-2)6-4-9/h3-7,19H,1H2,2H3. The molecule has 0 saturated carbocycles. The first kappa shape index (κ1) is 14.0. The summed E-state index contributed by atoms with van der Waals surface area (Å²) >= 11 is 0. The molecule has 2 aromatic rings. The predicted octanol–water partition coefficient (Wildman–Crippen LogP) is 3.43. The Balaban J connectivity index is 2.53. The van der Waals surface area contributed by atoms with Gasteiger partial charge in [-0.2, -0.15) is 18.3 Å². The summed E-state index contributed by atoms with van der Waals surface area (Å²) in [4.78, 5) is 0. The van der Waals surface area contributed by atoms with Crippen LogP contribution in [0.4, 0.5) is 13.2 Å². The molecule has 0 spiro atoms. The summed E-state index contributed by atoms with van der Waals surface area (Å²) < 4.78 is 44.0. The predicted molar refractivity (Wildman–Crippen MR) is 66.8 cm³/mol. The third-order valence-electron chi connectivity index (χ3n) is 2.61. The van der Waals surface area contributed by atoms with Gasteiger partial charge in [-0.25, -0.2) is 4.68 Å². The van der Waals surface area contributed by atoms with E-state index in [9.17, 15) is 18.3 Å². The van der Waals surface area contributed by atoms with Crippen molar-refractivity contribution in [2.45, 2.75) is 6.18 Å². The molecule has 0 bridgehead atoms. The van der Waals surface area contributed by atoms with Crippen LogP contribution >= 0.6 is 0 Å². The zero-order valence-electron chi connectivity index (χ0n) is 10.5. The van der Waals surface area contributed by atoms with Crippen LogP contribution in [0.5, 0.6) is 5.75 Å². The van der Waals surface area contributed by atoms with Gasteiger partial charge in [0.15, 0.2) is 5.69 Å². The van der Waals surface area contributed by atoms with E-state index in [0.717, 1.165) is 10.7 Å². The van der Waals surface area contributed by atoms with Gasteiger partial charge in [-0.3, -0.25) is 0 Å². The molecule has 0 radical (unpaired) electrons. The van der Waals surface area contributed by atoms with Crippen molar-refractivity contribution in [3.8, 4) is 11.4 Å². The van der Waals surface area contributed by atoms with E-state index in [1.165, 1.54) is 19.2 Å². The van der Waals surface area contributed by atoms with Crippen molar-refractivity contribution in [1.29, 1.82) is 0 Å². The van der Waals surface area contributed by atoms with Gasteiger partial charge in [0.2, 0.25) is 0 Å². The number of ether oxygens (including phenoxy) is 1. The quantitative estimate of drug-likeness (QED) is 0.878. The van der Waals surface area contributed by atoms with Gasteiger partial charge in [-0.05, 0) is 24.3 Å². The largest absolute Gasteiger partial charge is 0.506 e.